The number of fused-ring (bicyclic) bond motifs is 1. The van der Waals surface area contributed by atoms with E-state index in [9.17, 15) is 9.59 Å². The Hall–Kier alpha value is -2.49. The number of likely N-dealkylation sites (tertiary alicyclic amines) is 1. The van der Waals surface area contributed by atoms with Gasteiger partial charge in [-0.05, 0) is 40.5 Å². The van der Waals surface area contributed by atoms with Crippen LogP contribution in [0.25, 0.3) is 0 Å². The summed E-state index contributed by atoms with van der Waals surface area (Å²) >= 11 is 1.38. The first-order valence-corrected chi connectivity index (χ1v) is 10.7. The average molecular weight is 419 g/mol. The van der Waals surface area contributed by atoms with Gasteiger partial charge in [0.05, 0.1) is 23.8 Å². The van der Waals surface area contributed by atoms with Crippen molar-refractivity contribution >= 4 is 23.3 Å². The van der Waals surface area contributed by atoms with E-state index in [4.69, 9.17) is 4.74 Å². The highest BCUT2D eigenvalue weighted by molar-refractivity contribution is 7.11. The van der Waals surface area contributed by atoms with Crippen molar-refractivity contribution in [2.75, 3.05) is 13.1 Å². The zero-order chi connectivity index (χ0) is 20.8. The Morgan fingerprint density at radius 2 is 2.00 bits per heavy atom. The molecule has 4 heterocycles. The van der Waals surface area contributed by atoms with E-state index in [2.05, 4.69) is 19.7 Å². The molecule has 29 heavy (non-hydrogen) atoms. The molecule has 1 atom stereocenters. The molecule has 2 aliphatic heterocycles. The van der Waals surface area contributed by atoms with Crippen LogP contribution in [-0.2, 0) is 17.8 Å². The van der Waals surface area contributed by atoms with Crippen molar-refractivity contribution in [2.24, 2.45) is 0 Å². The van der Waals surface area contributed by atoms with E-state index in [0.717, 1.165) is 30.2 Å². The van der Waals surface area contributed by atoms with Crippen LogP contribution in [0.4, 0.5) is 4.79 Å². The van der Waals surface area contributed by atoms with Gasteiger partial charge in [-0.25, -0.2) is 9.78 Å². The summed E-state index contributed by atoms with van der Waals surface area (Å²) < 4.78 is 7.52. The van der Waals surface area contributed by atoms with Crippen molar-refractivity contribution in [3.8, 4) is 0 Å². The van der Waals surface area contributed by atoms with Crippen molar-refractivity contribution in [3.63, 3.8) is 0 Å². The Morgan fingerprint density at radius 3 is 2.69 bits per heavy atom. The Kier molecular flexibility index (Phi) is 5.05. The predicted molar refractivity (Wildman–Crippen MR) is 107 cm³/mol. The van der Waals surface area contributed by atoms with Crippen LogP contribution in [0, 0.1) is 6.92 Å². The number of nitrogens with zero attached hydrogens (tertiary/aromatic N) is 6. The largest absolute Gasteiger partial charge is 0.444 e. The SMILES string of the molecule is Cc1ncsc1C(=O)N1CCCC1c1nnc2n1CCN(C(=O)OC(C)(C)C)C2. The average Bonchev–Trinajstić information content (AvgIpc) is 3.37. The molecular formula is C19H26N6O3S. The van der Waals surface area contributed by atoms with Crippen molar-refractivity contribution < 1.29 is 14.3 Å². The molecule has 0 radical (unpaired) electrons. The smallest absolute Gasteiger partial charge is 0.410 e. The predicted octanol–water partition coefficient (Wildman–Crippen LogP) is 2.77. The van der Waals surface area contributed by atoms with E-state index < -0.39 is 5.60 Å². The minimum absolute atomic E-state index is 0.0102. The van der Waals surface area contributed by atoms with Gasteiger partial charge >= 0.3 is 6.09 Å². The molecule has 0 N–H and O–H groups in total. The van der Waals surface area contributed by atoms with Gasteiger partial charge in [0, 0.05) is 19.6 Å². The number of ether oxygens (including phenoxy) is 1. The lowest BCUT2D eigenvalue weighted by molar-refractivity contribution is 0.0193. The molecule has 1 unspecified atom stereocenters. The van der Waals surface area contributed by atoms with Gasteiger partial charge in [-0.1, -0.05) is 0 Å². The Morgan fingerprint density at radius 1 is 1.21 bits per heavy atom. The second kappa shape index (κ2) is 7.40. The fraction of sp³-hybridized carbons (Fsp3) is 0.632. The molecule has 1 saturated heterocycles. The van der Waals surface area contributed by atoms with Gasteiger partial charge in [0.2, 0.25) is 0 Å². The van der Waals surface area contributed by atoms with E-state index in [1.54, 1.807) is 10.4 Å². The highest BCUT2D eigenvalue weighted by Crippen LogP contribution is 2.34. The highest BCUT2D eigenvalue weighted by atomic mass is 32.1. The molecule has 1 fully saturated rings. The van der Waals surface area contributed by atoms with Crippen LogP contribution in [-0.4, -0.2) is 60.2 Å². The molecule has 9 nitrogen and oxygen atoms in total. The van der Waals surface area contributed by atoms with Crippen LogP contribution in [0.3, 0.4) is 0 Å². The highest BCUT2D eigenvalue weighted by Gasteiger charge is 2.37. The van der Waals surface area contributed by atoms with Crippen LogP contribution in [0.1, 0.15) is 66.7 Å². The lowest BCUT2D eigenvalue weighted by Crippen LogP contribution is -2.42. The van der Waals surface area contributed by atoms with Crippen LogP contribution < -0.4 is 0 Å². The van der Waals surface area contributed by atoms with Crippen molar-refractivity contribution in [3.05, 3.63) is 27.7 Å². The molecule has 2 aliphatic rings. The summed E-state index contributed by atoms with van der Waals surface area (Å²) in [5, 5.41) is 8.73. The quantitative estimate of drug-likeness (QED) is 0.744. The first-order valence-electron chi connectivity index (χ1n) is 9.85. The summed E-state index contributed by atoms with van der Waals surface area (Å²) in [5.74, 6) is 1.54. The Bertz CT molecular complexity index is 931. The van der Waals surface area contributed by atoms with Crippen LogP contribution in [0.2, 0.25) is 0 Å². The molecular weight excluding hydrogens is 392 g/mol. The topological polar surface area (TPSA) is 93.5 Å². The van der Waals surface area contributed by atoms with Crippen LogP contribution in [0.5, 0.6) is 0 Å². The molecule has 0 bridgehead atoms. The third-order valence-corrected chi connectivity index (χ3v) is 6.10. The van der Waals surface area contributed by atoms with Crippen molar-refractivity contribution in [1.82, 2.24) is 29.5 Å². The minimum atomic E-state index is -0.535. The molecule has 0 saturated carbocycles. The van der Waals surface area contributed by atoms with E-state index in [0.29, 0.717) is 31.1 Å². The van der Waals surface area contributed by atoms with Gasteiger partial charge in [-0.3, -0.25) is 9.69 Å². The second-order valence-electron chi connectivity index (χ2n) is 8.45. The summed E-state index contributed by atoms with van der Waals surface area (Å²) in [4.78, 5) is 33.9. The fourth-order valence-corrected chi connectivity index (χ4v) is 4.58. The molecule has 0 aromatic carbocycles. The summed E-state index contributed by atoms with van der Waals surface area (Å²) in [6.45, 7) is 9.60. The number of hydrogen-bond acceptors (Lipinski definition) is 7. The Labute approximate surface area is 173 Å². The first-order chi connectivity index (χ1) is 13.7. The lowest BCUT2D eigenvalue weighted by Gasteiger charge is -2.31. The molecule has 2 aromatic rings. The third kappa shape index (κ3) is 3.85. The van der Waals surface area contributed by atoms with Crippen molar-refractivity contribution in [1.29, 1.82) is 0 Å². The monoisotopic (exact) mass is 418 g/mol. The molecule has 10 heteroatoms. The lowest BCUT2D eigenvalue weighted by atomic mass is 10.2. The second-order valence-corrected chi connectivity index (χ2v) is 9.31. The number of carbonyl (C=O) groups excluding carboxylic acids is 2. The standard InChI is InChI=1S/C19H26N6O3S/c1-12-15(29-11-20-12)17(26)24-7-5-6-13(24)16-22-21-14-10-23(8-9-25(14)16)18(27)28-19(2,3)4/h11,13H,5-10H2,1-4H3. The number of carbonyl (C=O) groups is 2. The maximum atomic E-state index is 13.0. The van der Waals surface area contributed by atoms with Crippen LogP contribution in [0.15, 0.2) is 5.51 Å². The molecule has 2 amide bonds. The normalized spacial score (nSPS) is 19.4. The van der Waals surface area contributed by atoms with Crippen molar-refractivity contribution in [2.45, 2.75) is 65.3 Å². The molecule has 0 spiro atoms. The van der Waals surface area contributed by atoms with Gasteiger partial charge in [0.15, 0.2) is 11.6 Å². The number of aryl methyl sites for hydroxylation is 1. The summed E-state index contributed by atoms with van der Waals surface area (Å²) in [6, 6.07) is -0.0988. The number of thiazole rings is 1. The van der Waals surface area contributed by atoms with Gasteiger partial charge in [0.25, 0.3) is 5.91 Å². The number of rotatable bonds is 2. The molecule has 4 rings (SSSR count). The van der Waals surface area contributed by atoms with Gasteiger partial charge in [-0.15, -0.1) is 21.5 Å². The minimum Gasteiger partial charge on any atom is -0.444 e. The summed E-state index contributed by atoms with van der Waals surface area (Å²) in [6.07, 6.45) is 1.45. The zero-order valence-corrected chi connectivity index (χ0v) is 18.0. The van der Waals surface area contributed by atoms with E-state index in [1.165, 1.54) is 11.3 Å². The van der Waals surface area contributed by atoms with E-state index in [-0.39, 0.29) is 18.0 Å². The summed E-state index contributed by atoms with van der Waals surface area (Å²) in [7, 11) is 0. The Balaban J connectivity index is 1.52. The zero-order valence-electron chi connectivity index (χ0n) is 17.2. The van der Waals surface area contributed by atoms with E-state index >= 15 is 0 Å². The van der Waals surface area contributed by atoms with Gasteiger partial charge in [-0.2, -0.15) is 0 Å². The molecule has 0 aliphatic carbocycles. The van der Waals surface area contributed by atoms with Gasteiger partial charge < -0.3 is 14.2 Å². The molecule has 2 aromatic heterocycles. The van der Waals surface area contributed by atoms with Gasteiger partial charge in [0.1, 0.15) is 10.5 Å². The summed E-state index contributed by atoms with van der Waals surface area (Å²) in [5.41, 5.74) is 1.94. The third-order valence-electron chi connectivity index (χ3n) is 5.18. The van der Waals surface area contributed by atoms with E-state index in [1.807, 2.05) is 32.6 Å². The van der Waals surface area contributed by atoms with Crippen LogP contribution >= 0.6 is 11.3 Å². The number of amides is 2. The fourth-order valence-electron chi connectivity index (χ4n) is 3.82. The maximum absolute atomic E-state index is 13.0. The maximum Gasteiger partial charge on any atom is 0.410 e. The number of aromatic nitrogens is 4. The molecule has 156 valence electrons. The number of hydrogen-bond donors (Lipinski definition) is 0. The first kappa shape index (κ1) is 19.8.